The third-order valence-electron chi connectivity index (χ3n) is 4.11. The molecule has 1 fully saturated rings. The minimum Gasteiger partial charge on any atom is -0.388 e. The van der Waals surface area contributed by atoms with E-state index in [9.17, 15) is 5.11 Å². The second-order valence-electron chi connectivity index (χ2n) is 5.85. The number of likely N-dealkylation sites (tertiary alicyclic amines) is 1. The average molecular weight is 282 g/mol. The minimum atomic E-state index is -0.410. The fourth-order valence-electron chi connectivity index (χ4n) is 3.05. The fourth-order valence-corrected chi connectivity index (χ4v) is 3.25. The number of aliphatic hydroxyl groups excluding tert-OH is 1. The summed E-state index contributed by atoms with van der Waals surface area (Å²) in [4.78, 5) is 2.53. The lowest BCUT2D eigenvalue weighted by atomic mass is 10.0. The zero-order chi connectivity index (χ0) is 13.8. The number of hydrogen-bond acceptors (Lipinski definition) is 2. The number of aliphatic hydroxyl groups is 1. The van der Waals surface area contributed by atoms with Gasteiger partial charge in [0.1, 0.15) is 0 Å². The molecule has 1 aromatic carbocycles. The summed E-state index contributed by atoms with van der Waals surface area (Å²) in [6.07, 6.45) is 2.96. The van der Waals surface area contributed by atoms with Crippen LogP contribution in [-0.4, -0.2) is 29.1 Å². The van der Waals surface area contributed by atoms with Crippen LogP contribution >= 0.6 is 11.6 Å². The van der Waals surface area contributed by atoms with Crippen molar-refractivity contribution in [1.29, 1.82) is 0 Å². The molecule has 1 heterocycles. The Morgan fingerprint density at radius 2 is 2.21 bits per heavy atom. The van der Waals surface area contributed by atoms with E-state index in [1.54, 1.807) is 0 Å². The van der Waals surface area contributed by atoms with E-state index < -0.39 is 6.10 Å². The van der Waals surface area contributed by atoms with Crippen molar-refractivity contribution >= 4 is 11.6 Å². The Balaban J connectivity index is 1.88. The van der Waals surface area contributed by atoms with Gasteiger partial charge in [-0.2, -0.15) is 0 Å². The summed E-state index contributed by atoms with van der Waals surface area (Å²) in [6.45, 7) is 6.72. The van der Waals surface area contributed by atoms with Crippen molar-refractivity contribution in [2.24, 2.45) is 5.92 Å². The average Bonchev–Trinajstić information content (AvgIpc) is 2.84. The molecular formula is C16H24ClNO. The van der Waals surface area contributed by atoms with Gasteiger partial charge in [-0.05, 0) is 49.4 Å². The Bertz CT molecular complexity index is 407. The van der Waals surface area contributed by atoms with Gasteiger partial charge >= 0.3 is 0 Å². The quantitative estimate of drug-likeness (QED) is 0.885. The van der Waals surface area contributed by atoms with Crippen molar-refractivity contribution in [3.05, 3.63) is 34.9 Å². The zero-order valence-corrected chi connectivity index (χ0v) is 12.6. The largest absolute Gasteiger partial charge is 0.388 e. The Morgan fingerprint density at radius 1 is 1.42 bits per heavy atom. The van der Waals surface area contributed by atoms with E-state index in [1.165, 1.54) is 19.4 Å². The second kappa shape index (κ2) is 6.74. The Labute approximate surface area is 121 Å². The van der Waals surface area contributed by atoms with E-state index in [4.69, 9.17) is 11.6 Å². The molecule has 2 unspecified atom stereocenters. The van der Waals surface area contributed by atoms with Crippen molar-refractivity contribution in [3.8, 4) is 0 Å². The lowest BCUT2D eigenvalue weighted by Gasteiger charge is -2.28. The minimum absolute atomic E-state index is 0.410. The van der Waals surface area contributed by atoms with Crippen molar-refractivity contribution in [2.75, 3.05) is 13.1 Å². The fraction of sp³-hybridized carbons (Fsp3) is 0.625. The van der Waals surface area contributed by atoms with E-state index in [1.807, 2.05) is 24.3 Å². The molecule has 1 aromatic rings. The second-order valence-corrected chi connectivity index (χ2v) is 6.29. The summed E-state index contributed by atoms with van der Waals surface area (Å²) < 4.78 is 0. The predicted octanol–water partition coefficient (Wildman–Crippen LogP) is 3.88. The first-order valence-electron chi connectivity index (χ1n) is 7.25. The van der Waals surface area contributed by atoms with Gasteiger partial charge in [0.15, 0.2) is 0 Å². The smallest absolute Gasteiger partial charge is 0.0802 e. The van der Waals surface area contributed by atoms with Gasteiger partial charge in [-0.25, -0.2) is 0 Å². The topological polar surface area (TPSA) is 23.5 Å². The van der Waals surface area contributed by atoms with Crippen LogP contribution in [0, 0.1) is 5.92 Å². The third-order valence-corrected chi connectivity index (χ3v) is 4.34. The molecule has 0 aromatic heterocycles. The number of hydrogen-bond donors (Lipinski definition) is 1. The molecule has 1 saturated heterocycles. The molecule has 0 amide bonds. The Morgan fingerprint density at radius 3 is 2.89 bits per heavy atom. The van der Waals surface area contributed by atoms with Crippen molar-refractivity contribution < 1.29 is 5.11 Å². The first-order valence-corrected chi connectivity index (χ1v) is 7.63. The van der Waals surface area contributed by atoms with Gasteiger partial charge in [0, 0.05) is 17.6 Å². The maximum atomic E-state index is 10.2. The molecule has 106 valence electrons. The standard InChI is InChI=1S/C16H24ClNO/c1-12(2)15-7-4-9-18(15)10-8-16(19)13-5-3-6-14(17)11-13/h3,5-6,11-12,15-16,19H,4,7-10H2,1-2H3. The van der Waals surface area contributed by atoms with Crippen molar-refractivity contribution in [3.63, 3.8) is 0 Å². The molecule has 2 nitrogen and oxygen atoms in total. The Hall–Kier alpha value is -0.570. The van der Waals surface area contributed by atoms with Gasteiger partial charge in [0.05, 0.1) is 6.10 Å². The molecule has 0 saturated carbocycles. The zero-order valence-electron chi connectivity index (χ0n) is 11.8. The van der Waals surface area contributed by atoms with E-state index in [-0.39, 0.29) is 0 Å². The van der Waals surface area contributed by atoms with Gasteiger partial charge in [-0.3, -0.25) is 0 Å². The molecule has 2 rings (SSSR count). The van der Waals surface area contributed by atoms with E-state index in [0.717, 1.165) is 18.5 Å². The monoisotopic (exact) mass is 281 g/mol. The van der Waals surface area contributed by atoms with Gasteiger partial charge < -0.3 is 10.0 Å². The number of rotatable bonds is 5. The maximum absolute atomic E-state index is 10.2. The van der Waals surface area contributed by atoms with Crippen molar-refractivity contribution in [2.45, 2.75) is 45.3 Å². The summed E-state index contributed by atoms with van der Waals surface area (Å²) in [5.41, 5.74) is 0.924. The molecule has 3 heteroatoms. The van der Waals surface area contributed by atoms with Gasteiger partial charge in [0.2, 0.25) is 0 Å². The highest BCUT2D eigenvalue weighted by atomic mass is 35.5. The van der Waals surface area contributed by atoms with Crippen LogP contribution in [0.4, 0.5) is 0 Å². The summed E-state index contributed by atoms with van der Waals surface area (Å²) in [6, 6.07) is 8.23. The lowest BCUT2D eigenvalue weighted by molar-refractivity contribution is 0.128. The van der Waals surface area contributed by atoms with Crippen LogP contribution in [0.15, 0.2) is 24.3 Å². The molecule has 0 aliphatic carbocycles. The van der Waals surface area contributed by atoms with Gasteiger partial charge in [0.25, 0.3) is 0 Å². The first-order chi connectivity index (χ1) is 9.08. The SMILES string of the molecule is CC(C)C1CCCN1CCC(O)c1cccc(Cl)c1. The van der Waals surface area contributed by atoms with E-state index >= 15 is 0 Å². The van der Waals surface area contributed by atoms with Crippen LogP contribution < -0.4 is 0 Å². The summed E-state index contributed by atoms with van der Waals surface area (Å²) in [5.74, 6) is 0.700. The molecule has 19 heavy (non-hydrogen) atoms. The summed E-state index contributed by atoms with van der Waals surface area (Å²) in [5, 5.41) is 10.9. The number of benzene rings is 1. The summed E-state index contributed by atoms with van der Waals surface area (Å²) >= 11 is 5.96. The first kappa shape index (κ1) is 14.8. The van der Waals surface area contributed by atoms with Crippen LogP contribution in [0.25, 0.3) is 0 Å². The van der Waals surface area contributed by atoms with Crippen molar-refractivity contribution in [1.82, 2.24) is 4.90 Å². The highest BCUT2D eigenvalue weighted by Crippen LogP contribution is 2.26. The highest BCUT2D eigenvalue weighted by Gasteiger charge is 2.27. The molecule has 0 radical (unpaired) electrons. The van der Waals surface area contributed by atoms with Gasteiger partial charge in [-0.15, -0.1) is 0 Å². The lowest BCUT2D eigenvalue weighted by Crippen LogP contribution is -2.34. The Kier molecular flexibility index (Phi) is 5.26. The van der Waals surface area contributed by atoms with Crippen LogP contribution in [0.1, 0.15) is 44.8 Å². The number of nitrogens with zero attached hydrogens (tertiary/aromatic N) is 1. The molecular weight excluding hydrogens is 258 g/mol. The van der Waals surface area contributed by atoms with Gasteiger partial charge in [-0.1, -0.05) is 37.6 Å². The maximum Gasteiger partial charge on any atom is 0.0802 e. The molecule has 2 atom stereocenters. The third kappa shape index (κ3) is 3.95. The number of halogens is 1. The molecule has 1 aliphatic rings. The van der Waals surface area contributed by atoms with E-state index in [2.05, 4.69) is 18.7 Å². The molecule has 0 bridgehead atoms. The van der Waals surface area contributed by atoms with Crippen LogP contribution in [0.2, 0.25) is 5.02 Å². The van der Waals surface area contributed by atoms with Crippen LogP contribution in [0.3, 0.4) is 0 Å². The van der Waals surface area contributed by atoms with Crippen LogP contribution in [0.5, 0.6) is 0 Å². The predicted molar refractivity (Wildman–Crippen MR) is 80.5 cm³/mol. The van der Waals surface area contributed by atoms with Crippen LogP contribution in [-0.2, 0) is 0 Å². The highest BCUT2D eigenvalue weighted by molar-refractivity contribution is 6.30. The summed E-state index contributed by atoms with van der Waals surface area (Å²) in [7, 11) is 0. The molecule has 0 spiro atoms. The molecule has 1 N–H and O–H groups in total. The molecule has 1 aliphatic heterocycles. The normalized spacial score (nSPS) is 22.1. The van der Waals surface area contributed by atoms with E-state index in [0.29, 0.717) is 17.0 Å².